The molecule has 1 aromatic carbocycles. The number of nitrogens with zero attached hydrogens (tertiary/aromatic N) is 4. The number of hydrogen-bond donors (Lipinski definition) is 3. The number of aryl methyl sites for hydroxylation is 1. The molecule has 11 nitrogen and oxygen atoms in total. The fourth-order valence-corrected chi connectivity index (χ4v) is 5.55. The molecular weight excluding hydrogens is 603 g/mol. The predicted octanol–water partition coefficient (Wildman–Crippen LogP) is 3.73. The van der Waals surface area contributed by atoms with Crippen molar-refractivity contribution in [3.63, 3.8) is 0 Å². The van der Waals surface area contributed by atoms with Gasteiger partial charge in [0, 0.05) is 56.5 Å². The number of rotatable bonds is 9. The van der Waals surface area contributed by atoms with Crippen molar-refractivity contribution in [3.05, 3.63) is 59.2 Å². The van der Waals surface area contributed by atoms with Crippen LogP contribution in [0.4, 0.5) is 23.7 Å². The second-order valence-electron chi connectivity index (χ2n) is 11.9. The Kier molecular flexibility index (Phi) is 11.6. The lowest BCUT2D eigenvalue weighted by molar-refractivity contribution is -0.152. The minimum absolute atomic E-state index is 0.0231. The molecule has 2 heterocycles. The fourth-order valence-electron chi connectivity index (χ4n) is 5.55. The van der Waals surface area contributed by atoms with E-state index in [1.54, 1.807) is 18.7 Å². The van der Waals surface area contributed by atoms with Gasteiger partial charge in [-0.25, -0.2) is 14.2 Å². The molecule has 1 aliphatic carbocycles. The van der Waals surface area contributed by atoms with Gasteiger partial charge < -0.3 is 20.4 Å². The van der Waals surface area contributed by atoms with Crippen LogP contribution in [-0.2, 0) is 26.7 Å². The number of pyridine rings is 1. The van der Waals surface area contributed by atoms with E-state index in [0.29, 0.717) is 50.3 Å². The van der Waals surface area contributed by atoms with Gasteiger partial charge in [0.1, 0.15) is 11.9 Å². The highest BCUT2D eigenvalue weighted by Gasteiger charge is 2.43. The van der Waals surface area contributed by atoms with Crippen molar-refractivity contribution in [2.24, 2.45) is 0 Å². The summed E-state index contributed by atoms with van der Waals surface area (Å²) in [5, 5.41) is 5.97. The Balaban J connectivity index is 1.48. The van der Waals surface area contributed by atoms with Crippen LogP contribution in [0.15, 0.2) is 36.5 Å². The molecule has 0 bridgehead atoms. The van der Waals surface area contributed by atoms with Crippen molar-refractivity contribution >= 4 is 29.4 Å². The summed E-state index contributed by atoms with van der Waals surface area (Å²) in [6.07, 6.45) is 4.41. The van der Waals surface area contributed by atoms with E-state index in [-0.39, 0.29) is 30.3 Å². The van der Waals surface area contributed by atoms with Gasteiger partial charge in [0.05, 0.1) is 11.7 Å². The standard InChI is InChI=1S/C32H42F3N7O4/c1-4-28(43)37-27(29(44)41-16-14-40(3)15-17-41)19-22-11-13-26(25(33)18-22)38-31(46)42(24-8-6-5-7-9-24)39-30(45)32(34,35)23-12-10-21(2)36-20-23/h10-13,18,20,24,27H,4-9,14-17,19H2,1-3H3,(H,37,43)(H,38,46)(H,39,45)/t27-/m1/s1. The summed E-state index contributed by atoms with van der Waals surface area (Å²) >= 11 is 0. The van der Waals surface area contributed by atoms with Gasteiger partial charge in [-0.2, -0.15) is 8.78 Å². The van der Waals surface area contributed by atoms with Crippen molar-refractivity contribution < 1.29 is 32.3 Å². The molecule has 4 rings (SSSR count). The summed E-state index contributed by atoms with van der Waals surface area (Å²) in [5.41, 5.74) is 2.13. The minimum Gasteiger partial charge on any atom is -0.344 e. The zero-order valence-electron chi connectivity index (χ0n) is 26.5. The van der Waals surface area contributed by atoms with E-state index in [1.165, 1.54) is 18.2 Å². The first kappa shape index (κ1) is 34.7. The average Bonchev–Trinajstić information content (AvgIpc) is 3.04. The van der Waals surface area contributed by atoms with Crippen LogP contribution in [0.3, 0.4) is 0 Å². The first-order valence-electron chi connectivity index (χ1n) is 15.7. The SMILES string of the molecule is CCC(=O)N[C@H](Cc1ccc(NC(=O)N(NC(=O)C(F)(F)c2ccc(C)nc2)C2CCCCC2)c(F)c1)C(=O)N1CCN(C)CC1. The quantitative estimate of drug-likeness (QED) is 0.357. The number of halogens is 3. The molecule has 1 atom stereocenters. The van der Waals surface area contributed by atoms with Gasteiger partial charge >= 0.3 is 17.9 Å². The average molecular weight is 646 g/mol. The van der Waals surface area contributed by atoms with Crippen molar-refractivity contribution in [2.45, 2.75) is 76.8 Å². The molecular formula is C32H42F3N7O4. The maximum Gasteiger partial charge on any atom is 0.352 e. The van der Waals surface area contributed by atoms with Gasteiger partial charge in [0.25, 0.3) is 0 Å². The number of urea groups is 1. The summed E-state index contributed by atoms with van der Waals surface area (Å²) in [6.45, 7) is 5.71. The Morgan fingerprint density at radius 1 is 1.04 bits per heavy atom. The second-order valence-corrected chi connectivity index (χ2v) is 11.9. The van der Waals surface area contributed by atoms with E-state index in [4.69, 9.17) is 0 Å². The lowest BCUT2D eigenvalue weighted by Crippen LogP contribution is -2.57. The van der Waals surface area contributed by atoms with Gasteiger partial charge in [-0.3, -0.25) is 24.8 Å². The summed E-state index contributed by atoms with van der Waals surface area (Å²) in [6, 6.07) is 3.98. The highest BCUT2D eigenvalue weighted by molar-refractivity contribution is 5.93. The number of benzene rings is 1. The summed E-state index contributed by atoms with van der Waals surface area (Å²) in [7, 11) is 1.96. The Morgan fingerprint density at radius 2 is 1.74 bits per heavy atom. The highest BCUT2D eigenvalue weighted by Crippen LogP contribution is 2.29. The predicted molar refractivity (Wildman–Crippen MR) is 165 cm³/mol. The number of likely N-dealkylation sites (N-methyl/N-ethyl adjacent to an activating group) is 1. The van der Waals surface area contributed by atoms with E-state index in [9.17, 15) is 19.2 Å². The van der Waals surface area contributed by atoms with Crippen molar-refractivity contribution in [1.29, 1.82) is 0 Å². The van der Waals surface area contributed by atoms with Gasteiger partial charge in [0.15, 0.2) is 0 Å². The lowest BCUT2D eigenvalue weighted by atomic mass is 9.95. The molecule has 14 heteroatoms. The first-order chi connectivity index (χ1) is 21.9. The number of aromatic nitrogens is 1. The Bertz CT molecular complexity index is 1390. The molecule has 1 aliphatic heterocycles. The number of alkyl halides is 2. The zero-order valence-corrected chi connectivity index (χ0v) is 26.5. The smallest absolute Gasteiger partial charge is 0.344 e. The minimum atomic E-state index is -3.98. The Morgan fingerprint density at radius 3 is 2.35 bits per heavy atom. The number of carbonyl (C=O) groups excluding carboxylic acids is 4. The van der Waals surface area contributed by atoms with Crippen LogP contribution in [0.5, 0.6) is 0 Å². The van der Waals surface area contributed by atoms with E-state index < -0.39 is 41.3 Å². The number of carbonyl (C=O) groups is 4. The number of hydrogen-bond acceptors (Lipinski definition) is 6. The monoisotopic (exact) mass is 645 g/mol. The van der Waals surface area contributed by atoms with Crippen molar-refractivity contribution in [2.75, 3.05) is 38.5 Å². The van der Waals surface area contributed by atoms with Crippen LogP contribution in [0.2, 0.25) is 0 Å². The lowest BCUT2D eigenvalue weighted by Gasteiger charge is -2.35. The number of nitrogens with one attached hydrogen (secondary N) is 3. The summed E-state index contributed by atoms with van der Waals surface area (Å²) in [5.74, 6) is -7.09. The molecule has 0 unspecified atom stereocenters. The molecule has 1 saturated carbocycles. The Hall–Kier alpha value is -4.20. The van der Waals surface area contributed by atoms with E-state index in [1.807, 2.05) is 7.05 Å². The third kappa shape index (κ3) is 8.74. The van der Waals surface area contributed by atoms with Crippen LogP contribution < -0.4 is 16.1 Å². The highest BCUT2D eigenvalue weighted by atomic mass is 19.3. The third-order valence-corrected chi connectivity index (χ3v) is 8.42. The molecule has 250 valence electrons. The fraction of sp³-hybridized carbons (Fsp3) is 0.531. The molecule has 1 aromatic heterocycles. The van der Waals surface area contributed by atoms with E-state index >= 15 is 13.2 Å². The Labute approximate surface area is 266 Å². The maximum atomic E-state index is 15.4. The largest absolute Gasteiger partial charge is 0.352 e. The van der Waals surface area contributed by atoms with Gasteiger partial charge in [0.2, 0.25) is 11.8 Å². The molecule has 5 amide bonds. The molecule has 2 aliphatic rings. The van der Waals surface area contributed by atoms with Crippen LogP contribution in [0, 0.1) is 12.7 Å². The maximum absolute atomic E-state index is 15.4. The van der Waals surface area contributed by atoms with Crippen LogP contribution >= 0.6 is 0 Å². The number of hydrazine groups is 1. The normalized spacial score (nSPS) is 16.8. The van der Waals surface area contributed by atoms with Crippen LogP contribution in [0.1, 0.15) is 62.3 Å². The summed E-state index contributed by atoms with van der Waals surface area (Å²) in [4.78, 5) is 59.3. The molecule has 3 N–H and O–H groups in total. The number of amides is 5. The third-order valence-electron chi connectivity index (χ3n) is 8.42. The molecule has 0 spiro atoms. The number of piperazine rings is 1. The molecule has 2 aromatic rings. The molecule has 1 saturated heterocycles. The number of anilines is 1. The summed E-state index contributed by atoms with van der Waals surface area (Å²) < 4.78 is 45.5. The van der Waals surface area contributed by atoms with Gasteiger partial charge in [-0.05, 0) is 56.6 Å². The van der Waals surface area contributed by atoms with Crippen molar-refractivity contribution in [1.82, 2.24) is 30.5 Å². The van der Waals surface area contributed by atoms with E-state index in [0.717, 1.165) is 42.6 Å². The van der Waals surface area contributed by atoms with Crippen LogP contribution in [-0.4, -0.2) is 88.9 Å². The molecule has 2 fully saturated rings. The van der Waals surface area contributed by atoms with Gasteiger partial charge in [-0.15, -0.1) is 0 Å². The topological polar surface area (TPSA) is 127 Å². The second kappa shape index (κ2) is 15.4. The zero-order chi connectivity index (χ0) is 33.4. The van der Waals surface area contributed by atoms with Crippen LogP contribution in [0.25, 0.3) is 0 Å². The van der Waals surface area contributed by atoms with Gasteiger partial charge in [-0.1, -0.05) is 32.3 Å². The van der Waals surface area contributed by atoms with Crippen molar-refractivity contribution in [3.8, 4) is 0 Å². The molecule has 0 radical (unpaired) electrons. The first-order valence-corrected chi connectivity index (χ1v) is 15.7. The van der Waals surface area contributed by atoms with E-state index in [2.05, 4.69) is 25.9 Å². The molecule has 46 heavy (non-hydrogen) atoms.